The van der Waals surface area contributed by atoms with Crippen molar-refractivity contribution in [2.24, 2.45) is 5.10 Å². The number of nitrogens with zero attached hydrogens (tertiary/aromatic N) is 2. The molecule has 0 heterocycles. The highest BCUT2D eigenvalue weighted by molar-refractivity contribution is 7.89. The van der Waals surface area contributed by atoms with Crippen molar-refractivity contribution in [3.63, 3.8) is 0 Å². The predicted octanol–water partition coefficient (Wildman–Crippen LogP) is 3.58. The summed E-state index contributed by atoms with van der Waals surface area (Å²) >= 11 is 0. The molecule has 0 atom stereocenters. The van der Waals surface area contributed by atoms with E-state index in [1.807, 2.05) is 4.83 Å². The molecule has 1 N–H and O–H groups in total. The molecule has 3 rings (SSSR count). The van der Waals surface area contributed by atoms with Crippen molar-refractivity contribution in [3.8, 4) is 5.75 Å². The van der Waals surface area contributed by atoms with Crippen molar-refractivity contribution in [3.05, 3.63) is 99.1 Å². The van der Waals surface area contributed by atoms with Crippen molar-refractivity contribution >= 4 is 27.9 Å². The Labute approximate surface area is 196 Å². The summed E-state index contributed by atoms with van der Waals surface area (Å²) in [4.78, 5) is 23.6. The highest BCUT2D eigenvalue weighted by Gasteiger charge is 2.19. The number of esters is 1. The molecule has 0 aliphatic carbocycles. The number of hydrazone groups is 1. The van der Waals surface area contributed by atoms with Gasteiger partial charge in [-0.25, -0.2) is 9.63 Å². The molecule has 0 aliphatic heterocycles. The van der Waals surface area contributed by atoms with Gasteiger partial charge in [0.1, 0.15) is 12.4 Å². The second kappa shape index (κ2) is 10.6. The first-order valence-corrected chi connectivity index (χ1v) is 11.4. The number of benzene rings is 3. The fourth-order valence-corrected chi connectivity index (χ4v) is 3.66. The molecule has 34 heavy (non-hydrogen) atoms. The predicted molar refractivity (Wildman–Crippen MR) is 124 cm³/mol. The number of ether oxygens (including phenoxy) is 2. The Morgan fingerprint density at radius 2 is 1.76 bits per heavy atom. The zero-order valence-corrected chi connectivity index (χ0v) is 19.1. The minimum absolute atomic E-state index is 0.259. The van der Waals surface area contributed by atoms with E-state index in [1.165, 1.54) is 32.4 Å². The summed E-state index contributed by atoms with van der Waals surface area (Å²) in [5, 5.41) is 14.8. The Kier molecular flexibility index (Phi) is 7.59. The lowest BCUT2D eigenvalue weighted by atomic mass is 10.1. The molecular weight excluding hydrogens is 462 g/mol. The standard InChI is InChI=1S/C23H21N3O7S/c1-16-3-12-21(13-22(16)26(28)29)34(30,31)25-24-14-17-6-10-20(11-7-17)33-15-18-4-8-19(9-5-18)23(27)32-2/h3-14,25H,15H2,1-2H3/b24-14-. The van der Waals surface area contributed by atoms with Gasteiger partial charge in [-0.05, 0) is 60.5 Å². The van der Waals surface area contributed by atoms with Crippen LogP contribution in [0.25, 0.3) is 0 Å². The Bertz CT molecular complexity index is 1320. The van der Waals surface area contributed by atoms with Crippen LogP contribution in [0.2, 0.25) is 0 Å². The van der Waals surface area contributed by atoms with E-state index in [-0.39, 0.29) is 17.2 Å². The molecule has 0 amide bonds. The molecule has 0 aromatic heterocycles. The van der Waals surface area contributed by atoms with E-state index in [9.17, 15) is 23.3 Å². The molecule has 10 nitrogen and oxygen atoms in total. The first-order chi connectivity index (χ1) is 16.2. The van der Waals surface area contributed by atoms with Gasteiger partial charge in [-0.2, -0.15) is 13.5 Å². The molecule has 3 aromatic rings. The fraction of sp³-hybridized carbons (Fsp3) is 0.130. The average molecular weight is 484 g/mol. The van der Waals surface area contributed by atoms with Crippen LogP contribution < -0.4 is 9.57 Å². The van der Waals surface area contributed by atoms with E-state index in [0.717, 1.165) is 11.6 Å². The third-order valence-corrected chi connectivity index (χ3v) is 5.96. The lowest BCUT2D eigenvalue weighted by molar-refractivity contribution is -0.385. The summed E-state index contributed by atoms with van der Waals surface area (Å²) in [6, 6.07) is 17.2. The minimum atomic E-state index is -4.07. The summed E-state index contributed by atoms with van der Waals surface area (Å²) < 4.78 is 35.1. The number of nitrogens with one attached hydrogen (secondary N) is 1. The van der Waals surface area contributed by atoms with Crippen LogP contribution in [0.3, 0.4) is 0 Å². The van der Waals surface area contributed by atoms with Gasteiger partial charge in [0.15, 0.2) is 0 Å². The summed E-state index contributed by atoms with van der Waals surface area (Å²) in [5.41, 5.74) is 1.98. The Hall–Kier alpha value is -4.25. The topological polar surface area (TPSA) is 137 Å². The van der Waals surface area contributed by atoms with Gasteiger partial charge < -0.3 is 9.47 Å². The molecule has 11 heteroatoms. The van der Waals surface area contributed by atoms with Gasteiger partial charge in [-0.3, -0.25) is 10.1 Å². The van der Waals surface area contributed by atoms with E-state index in [1.54, 1.807) is 48.5 Å². The highest BCUT2D eigenvalue weighted by atomic mass is 32.2. The number of hydrogen-bond acceptors (Lipinski definition) is 8. The first kappa shape index (κ1) is 24.4. The van der Waals surface area contributed by atoms with Crippen molar-refractivity contribution in [1.82, 2.24) is 4.83 Å². The zero-order valence-electron chi connectivity index (χ0n) is 18.3. The summed E-state index contributed by atoms with van der Waals surface area (Å²) in [7, 11) is -2.75. The minimum Gasteiger partial charge on any atom is -0.489 e. The van der Waals surface area contributed by atoms with Gasteiger partial charge in [0.2, 0.25) is 0 Å². The third kappa shape index (κ3) is 6.17. The van der Waals surface area contributed by atoms with Crippen molar-refractivity contribution in [2.75, 3.05) is 7.11 Å². The van der Waals surface area contributed by atoms with Crippen LogP contribution in [0.15, 0.2) is 76.7 Å². The van der Waals surface area contributed by atoms with Crippen LogP contribution >= 0.6 is 0 Å². The lowest BCUT2D eigenvalue weighted by Gasteiger charge is -2.07. The van der Waals surface area contributed by atoms with Crippen molar-refractivity contribution in [1.29, 1.82) is 0 Å². The highest BCUT2D eigenvalue weighted by Crippen LogP contribution is 2.22. The van der Waals surface area contributed by atoms with Gasteiger partial charge in [0.05, 0.1) is 28.7 Å². The molecule has 176 valence electrons. The molecule has 3 aromatic carbocycles. The van der Waals surface area contributed by atoms with Crippen LogP contribution in [-0.2, 0) is 21.4 Å². The molecule has 0 spiro atoms. The molecule has 0 saturated heterocycles. The van der Waals surface area contributed by atoms with Gasteiger partial charge in [-0.1, -0.05) is 18.2 Å². The van der Waals surface area contributed by atoms with E-state index < -0.39 is 20.9 Å². The number of aryl methyl sites for hydroxylation is 1. The molecule has 0 radical (unpaired) electrons. The van der Waals surface area contributed by atoms with Crippen molar-refractivity contribution in [2.45, 2.75) is 18.4 Å². The van der Waals surface area contributed by atoms with Crippen LogP contribution in [-0.4, -0.2) is 32.6 Å². The summed E-state index contributed by atoms with van der Waals surface area (Å²) in [5.74, 6) is 0.175. The van der Waals surface area contributed by atoms with Crippen LogP contribution in [0.4, 0.5) is 5.69 Å². The average Bonchev–Trinajstić information content (AvgIpc) is 2.83. The lowest BCUT2D eigenvalue weighted by Crippen LogP contribution is -2.18. The maximum Gasteiger partial charge on any atom is 0.337 e. The van der Waals surface area contributed by atoms with E-state index in [2.05, 4.69) is 9.84 Å². The largest absolute Gasteiger partial charge is 0.489 e. The number of hydrogen-bond donors (Lipinski definition) is 1. The molecule has 0 unspecified atom stereocenters. The summed E-state index contributed by atoms with van der Waals surface area (Å²) in [6.07, 6.45) is 1.30. The van der Waals surface area contributed by atoms with E-state index >= 15 is 0 Å². The number of methoxy groups -OCH3 is 1. The van der Waals surface area contributed by atoms with Gasteiger partial charge >= 0.3 is 5.97 Å². The molecular formula is C23H21N3O7S. The maximum absolute atomic E-state index is 12.4. The van der Waals surface area contributed by atoms with Crippen LogP contribution in [0, 0.1) is 17.0 Å². The van der Waals surface area contributed by atoms with Crippen LogP contribution in [0.1, 0.15) is 27.0 Å². The monoisotopic (exact) mass is 483 g/mol. The smallest absolute Gasteiger partial charge is 0.337 e. The number of carbonyl (C=O) groups excluding carboxylic acids is 1. The molecule has 0 aliphatic rings. The van der Waals surface area contributed by atoms with Gasteiger partial charge in [0, 0.05) is 11.6 Å². The van der Waals surface area contributed by atoms with Gasteiger partial charge in [-0.15, -0.1) is 0 Å². The molecule has 0 saturated carbocycles. The van der Waals surface area contributed by atoms with Crippen molar-refractivity contribution < 1.29 is 27.6 Å². The molecule has 0 bridgehead atoms. The molecule has 0 fully saturated rings. The van der Waals surface area contributed by atoms with E-state index in [0.29, 0.717) is 22.4 Å². The summed E-state index contributed by atoms with van der Waals surface area (Å²) in [6.45, 7) is 1.81. The maximum atomic E-state index is 12.4. The Morgan fingerprint density at radius 1 is 1.09 bits per heavy atom. The Balaban J connectivity index is 1.58. The number of nitro groups is 1. The fourth-order valence-electron chi connectivity index (χ4n) is 2.85. The third-order valence-electron chi connectivity index (χ3n) is 4.73. The van der Waals surface area contributed by atoms with Crippen LogP contribution in [0.5, 0.6) is 5.75 Å². The van der Waals surface area contributed by atoms with E-state index in [4.69, 9.17) is 4.74 Å². The number of nitro benzene ring substituents is 1. The first-order valence-electron chi connectivity index (χ1n) is 9.89. The SMILES string of the molecule is COC(=O)c1ccc(COc2ccc(/C=N\NS(=O)(=O)c3ccc(C)c([N+](=O)[O-])c3)cc2)cc1. The quantitative estimate of drug-likeness (QED) is 0.212. The number of carbonyl (C=O) groups is 1. The second-order valence-corrected chi connectivity index (χ2v) is 8.77. The zero-order chi connectivity index (χ0) is 24.7. The normalized spacial score (nSPS) is 11.2. The van der Waals surface area contributed by atoms with Gasteiger partial charge in [0.25, 0.3) is 15.7 Å². The Morgan fingerprint density at radius 3 is 2.38 bits per heavy atom. The number of sulfonamides is 1. The number of rotatable bonds is 9. The second-order valence-electron chi connectivity index (χ2n) is 7.10.